The molecule has 0 unspecified atom stereocenters. The van der Waals surface area contributed by atoms with Crippen molar-refractivity contribution in [3.63, 3.8) is 0 Å². The number of hydrogen-bond acceptors (Lipinski definition) is 4. The molecular formula is C12H16N2O3S. The lowest BCUT2D eigenvalue weighted by Crippen LogP contribution is -2.33. The summed E-state index contributed by atoms with van der Waals surface area (Å²) in [6, 6.07) is 6.42. The van der Waals surface area contributed by atoms with Crippen LogP contribution in [0.5, 0.6) is 0 Å². The van der Waals surface area contributed by atoms with Crippen LogP contribution in [0, 0.1) is 18.3 Å². The van der Waals surface area contributed by atoms with Crippen LogP contribution in [0.2, 0.25) is 0 Å². The zero-order valence-corrected chi connectivity index (χ0v) is 11.2. The molecule has 0 heterocycles. The second kappa shape index (κ2) is 5.96. The maximum absolute atomic E-state index is 12.3. The van der Waals surface area contributed by atoms with Crippen LogP contribution in [0.3, 0.4) is 0 Å². The van der Waals surface area contributed by atoms with Gasteiger partial charge in [0.15, 0.2) is 0 Å². The lowest BCUT2D eigenvalue weighted by molar-refractivity contribution is 0.257. The molecule has 1 aromatic rings. The summed E-state index contributed by atoms with van der Waals surface area (Å²) in [5.41, 5.74) is 0.960. The molecule has 98 valence electrons. The topological polar surface area (TPSA) is 81.4 Å². The fourth-order valence-electron chi connectivity index (χ4n) is 1.71. The molecule has 18 heavy (non-hydrogen) atoms. The van der Waals surface area contributed by atoms with Gasteiger partial charge in [0.25, 0.3) is 0 Å². The molecule has 0 aliphatic heterocycles. The summed E-state index contributed by atoms with van der Waals surface area (Å²) in [7, 11) is -3.61. The summed E-state index contributed by atoms with van der Waals surface area (Å²) in [4.78, 5) is 0.178. The highest BCUT2D eigenvalue weighted by atomic mass is 32.2. The molecule has 0 atom stereocenters. The van der Waals surface area contributed by atoms with Crippen LogP contribution < -0.4 is 0 Å². The highest BCUT2D eigenvalue weighted by Gasteiger charge is 2.24. The van der Waals surface area contributed by atoms with Crippen molar-refractivity contribution in [3.05, 3.63) is 29.3 Å². The molecule has 0 radical (unpaired) electrons. The van der Waals surface area contributed by atoms with Crippen molar-refractivity contribution in [2.24, 2.45) is 0 Å². The molecule has 0 aliphatic rings. The highest BCUT2D eigenvalue weighted by Crippen LogP contribution is 2.20. The average molecular weight is 268 g/mol. The van der Waals surface area contributed by atoms with Gasteiger partial charge in [-0.2, -0.15) is 9.57 Å². The third kappa shape index (κ3) is 2.88. The first-order valence-corrected chi connectivity index (χ1v) is 7.03. The van der Waals surface area contributed by atoms with Crippen molar-refractivity contribution in [1.82, 2.24) is 4.31 Å². The van der Waals surface area contributed by atoms with Gasteiger partial charge in [-0.3, -0.25) is 0 Å². The Morgan fingerprint density at radius 2 is 2.11 bits per heavy atom. The fraction of sp³-hybridized carbons (Fsp3) is 0.417. The fourth-order valence-corrected chi connectivity index (χ4v) is 3.35. The van der Waals surface area contributed by atoms with Crippen molar-refractivity contribution in [3.8, 4) is 6.07 Å². The van der Waals surface area contributed by atoms with Crippen molar-refractivity contribution in [1.29, 1.82) is 5.26 Å². The van der Waals surface area contributed by atoms with Crippen molar-refractivity contribution in [2.75, 3.05) is 19.7 Å². The minimum absolute atomic E-state index is 0.0677. The van der Waals surface area contributed by atoms with Gasteiger partial charge in [0.2, 0.25) is 10.0 Å². The minimum atomic E-state index is -3.61. The Kier molecular flexibility index (Phi) is 4.84. The maximum Gasteiger partial charge on any atom is 0.243 e. The van der Waals surface area contributed by atoms with Gasteiger partial charge >= 0.3 is 0 Å². The average Bonchev–Trinajstić information content (AvgIpc) is 2.35. The summed E-state index contributed by atoms with van der Waals surface area (Å²) in [5, 5.41) is 17.6. The predicted molar refractivity (Wildman–Crippen MR) is 67.4 cm³/mol. The summed E-state index contributed by atoms with van der Waals surface area (Å²) < 4.78 is 25.8. The Morgan fingerprint density at radius 1 is 1.44 bits per heavy atom. The normalized spacial score (nSPS) is 11.5. The zero-order chi connectivity index (χ0) is 13.8. The van der Waals surface area contributed by atoms with E-state index in [1.54, 1.807) is 19.9 Å². The smallest absolute Gasteiger partial charge is 0.243 e. The first-order valence-electron chi connectivity index (χ1n) is 5.59. The van der Waals surface area contributed by atoms with Crippen molar-refractivity contribution >= 4 is 10.0 Å². The number of hydrogen-bond donors (Lipinski definition) is 1. The number of sulfonamides is 1. The van der Waals surface area contributed by atoms with E-state index in [9.17, 15) is 8.42 Å². The van der Waals surface area contributed by atoms with Gasteiger partial charge in [-0.15, -0.1) is 0 Å². The monoisotopic (exact) mass is 268 g/mol. The number of nitrogens with zero attached hydrogens (tertiary/aromatic N) is 2. The second-order valence-corrected chi connectivity index (χ2v) is 5.72. The van der Waals surface area contributed by atoms with E-state index < -0.39 is 10.0 Å². The third-order valence-electron chi connectivity index (χ3n) is 2.62. The van der Waals surface area contributed by atoms with E-state index in [1.165, 1.54) is 16.4 Å². The molecule has 0 saturated carbocycles. The summed E-state index contributed by atoms with van der Waals surface area (Å²) in [6.07, 6.45) is 0. The third-order valence-corrected chi connectivity index (χ3v) is 4.76. The quantitative estimate of drug-likeness (QED) is 0.859. The van der Waals surface area contributed by atoms with Crippen LogP contribution in [-0.4, -0.2) is 37.5 Å². The van der Waals surface area contributed by atoms with Gasteiger partial charge in [0.1, 0.15) is 0 Å². The number of benzene rings is 1. The predicted octanol–water partition coefficient (Wildman–Crippen LogP) is 0.870. The van der Waals surface area contributed by atoms with E-state index in [4.69, 9.17) is 10.4 Å². The van der Waals surface area contributed by atoms with Gasteiger partial charge in [0.05, 0.1) is 23.1 Å². The van der Waals surface area contributed by atoms with Gasteiger partial charge in [0, 0.05) is 13.1 Å². The standard InChI is InChI=1S/C12H16N2O3S/c1-3-14(6-7-15)18(16,17)12-5-4-11(9-13)8-10(12)2/h4-5,8,15H,3,6-7H2,1-2H3. The molecule has 0 amide bonds. The van der Waals surface area contributed by atoms with Crippen LogP contribution >= 0.6 is 0 Å². The molecule has 0 saturated heterocycles. The van der Waals surface area contributed by atoms with E-state index in [-0.39, 0.29) is 18.0 Å². The lowest BCUT2D eigenvalue weighted by atomic mass is 10.2. The zero-order valence-electron chi connectivity index (χ0n) is 10.4. The summed E-state index contributed by atoms with van der Waals surface area (Å²) >= 11 is 0. The van der Waals surface area contributed by atoms with Crippen LogP contribution in [0.1, 0.15) is 18.1 Å². The number of nitriles is 1. The van der Waals surface area contributed by atoms with Gasteiger partial charge in [-0.25, -0.2) is 8.42 Å². The number of aliphatic hydroxyl groups is 1. The van der Waals surface area contributed by atoms with E-state index in [0.717, 1.165) is 0 Å². The molecule has 0 fully saturated rings. The molecule has 5 nitrogen and oxygen atoms in total. The molecular weight excluding hydrogens is 252 g/mol. The Bertz CT molecular complexity index is 561. The molecule has 1 rings (SSSR count). The molecule has 1 N–H and O–H groups in total. The van der Waals surface area contributed by atoms with E-state index in [2.05, 4.69) is 0 Å². The minimum Gasteiger partial charge on any atom is -0.395 e. The first-order chi connectivity index (χ1) is 8.47. The van der Waals surface area contributed by atoms with E-state index in [0.29, 0.717) is 17.7 Å². The Labute approximate surface area is 107 Å². The summed E-state index contributed by atoms with van der Waals surface area (Å²) in [6.45, 7) is 3.51. The van der Waals surface area contributed by atoms with Gasteiger partial charge in [-0.05, 0) is 30.7 Å². The van der Waals surface area contributed by atoms with Crippen LogP contribution in [0.25, 0.3) is 0 Å². The largest absolute Gasteiger partial charge is 0.395 e. The van der Waals surface area contributed by atoms with E-state index >= 15 is 0 Å². The van der Waals surface area contributed by atoms with E-state index in [1.807, 2.05) is 6.07 Å². The van der Waals surface area contributed by atoms with Crippen molar-refractivity contribution in [2.45, 2.75) is 18.7 Å². The Balaban J connectivity index is 3.24. The number of aryl methyl sites for hydroxylation is 1. The summed E-state index contributed by atoms with van der Waals surface area (Å²) in [5.74, 6) is 0. The molecule has 1 aromatic carbocycles. The number of aliphatic hydroxyl groups excluding tert-OH is 1. The molecule has 0 aromatic heterocycles. The molecule has 0 bridgehead atoms. The van der Waals surface area contributed by atoms with Crippen LogP contribution in [0.4, 0.5) is 0 Å². The van der Waals surface area contributed by atoms with Crippen molar-refractivity contribution < 1.29 is 13.5 Å². The lowest BCUT2D eigenvalue weighted by Gasteiger charge is -2.20. The second-order valence-electron chi connectivity index (χ2n) is 3.81. The Hall–Kier alpha value is -1.42. The van der Waals surface area contributed by atoms with Crippen LogP contribution in [0.15, 0.2) is 23.1 Å². The maximum atomic E-state index is 12.3. The number of likely N-dealkylation sites (N-methyl/N-ethyl adjacent to an activating group) is 1. The SMILES string of the molecule is CCN(CCO)S(=O)(=O)c1ccc(C#N)cc1C. The highest BCUT2D eigenvalue weighted by molar-refractivity contribution is 7.89. The molecule has 0 aliphatic carbocycles. The molecule has 6 heteroatoms. The van der Waals surface area contributed by atoms with Gasteiger partial charge < -0.3 is 5.11 Å². The van der Waals surface area contributed by atoms with Gasteiger partial charge in [-0.1, -0.05) is 6.92 Å². The van der Waals surface area contributed by atoms with Crippen LogP contribution in [-0.2, 0) is 10.0 Å². The Morgan fingerprint density at radius 3 is 2.56 bits per heavy atom. The first kappa shape index (κ1) is 14.6. The molecule has 0 spiro atoms. The number of rotatable bonds is 5.